The van der Waals surface area contributed by atoms with Gasteiger partial charge < -0.3 is 15.5 Å². The van der Waals surface area contributed by atoms with Crippen LogP contribution in [-0.4, -0.2) is 35.5 Å². The van der Waals surface area contributed by atoms with E-state index in [1.807, 2.05) is 42.2 Å². The van der Waals surface area contributed by atoms with Gasteiger partial charge in [0.1, 0.15) is 5.66 Å². The number of carbonyl (C=O) groups excluding carboxylic acids is 2. The summed E-state index contributed by atoms with van der Waals surface area (Å²) in [6.45, 7) is 5.43. The summed E-state index contributed by atoms with van der Waals surface area (Å²) in [6.07, 6.45) is 6.10. The third-order valence-electron chi connectivity index (χ3n) is 6.32. The molecular formula is C25H31N3O2. The fourth-order valence-electron chi connectivity index (χ4n) is 4.45. The van der Waals surface area contributed by atoms with Crippen molar-refractivity contribution in [3.05, 3.63) is 64.7 Å². The van der Waals surface area contributed by atoms with Gasteiger partial charge in [-0.05, 0) is 49.6 Å². The minimum absolute atomic E-state index is 0.0362. The van der Waals surface area contributed by atoms with Gasteiger partial charge in [0.25, 0.3) is 11.8 Å². The Bertz CT molecular complexity index is 928. The summed E-state index contributed by atoms with van der Waals surface area (Å²) in [6, 6.07) is 14.0. The zero-order valence-corrected chi connectivity index (χ0v) is 18.0. The number of fused-ring (bicyclic) bond motifs is 1. The van der Waals surface area contributed by atoms with Crippen LogP contribution in [0.1, 0.15) is 70.9 Å². The van der Waals surface area contributed by atoms with Gasteiger partial charge in [0.2, 0.25) is 0 Å². The third kappa shape index (κ3) is 4.20. The maximum atomic E-state index is 13.0. The van der Waals surface area contributed by atoms with Crippen molar-refractivity contribution < 1.29 is 9.59 Å². The molecule has 0 unspecified atom stereocenters. The summed E-state index contributed by atoms with van der Waals surface area (Å²) in [5.41, 5.74) is 4.20. The molecule has 2 aromatic carbocycles. The van der Waals surface area contributed by atoms with Crippen LogP contribution >= 0.6 is 0 Å². The topological polar surface area (TPSA) is 61.4 Å². The Kier molecular flexibility index (Phi) is 5.80. The van der Waals surface area contributed by atoms with E-state index in [0.29, 0.717) is 31.5 Å². The molecule has 2 aliphatic rings. The van der Waals surface area contributed by atoms with Crippen LogP contribution in [0.4, 0.5) is 5.69 Å². The lowest BCUT2D eigenvalue weighted by atomic mass is 9.91. The van der Waals surface area contributed by atoms with E-state index in [4.69, 9.17) is 0 Å². The van der Waals surface area contributed by atoms with E-state index in [1.165, 1.54) is 24.8 Å². The van der Waals surface area contributed by atoms with Crippen LogP contribution in [0.3, 0.4) is 0 Å². The number of piperidine rings is 1. The van der Waals surface area contributed by atoms with E-state index in [9.17, 15) is 9.59 Å². The molecule has 5 heteroatoms. The van der Waals surface area contributed by atoms with E-state index in [-0.39, 0.29) is 11.8 Å². The van der Waals surface area contributed by atoms with Gasteiger partial charge in [-0.3, -0.25) is 9.59 Å². The summed E-state index contributed by atoms with van der Waals surface area (Å²) in [4.78, 5) is 27.5. The highest BCUT2D eigenvalue weighted by Gasteiger charge is 2.41. The van der Waals surface area contributed by atoms with Gasteiger partial charge in [-0.25, -0.2) is 0 Å². The number of hydrogen-bond donors (Lipinski definition) is 2. The lowest BCUT2D eigenvalue weighted by Gasteiger charge is -2.46. The molecule has 0 saturated carbocycles. The number of aryl methyl sites for hydroxylation is 2. The van der Waals surface area contributed by atoms with Crippen molar-refractivity contribution in [1.29, 1.82) is 0 Å². The van der Waals surface area contributed by atoms with E-state index >= 15 is 0 Å². The number of anilines is 1. The van der Waals surface area contributed by atoms with E-state index in [2.05, 4.69) is 29.7 Å². The van der Waals surface area contributed by atoms with Crippen molar-refractivity contribution in [3.63, 3.8) is 0 Å². The summed E-state index contributed by atoms with van der Waals surface area (Å²) in [7, 11) is 0. The van der Waals surface area contributed by atoms with Crippen molar-refractivity contribution in [3.8, 4) is 0 Å². The average Bonchev–Trinajstić information content (AvgIpc) is 2.75. The van der Waals surface area contributed by atoms with Crippen LogP contribution in [0.5, 0.6) is 0 Å². The molecule has 2 N–H and O–H groups in total. The lowest BCUT2D eigenvalue weighted by molar-refractivity contribution is 0.0639. The summed E-state index contributed by atoms with van der Waals surface area (Å²) in [5.74, 6) is 0.0361. The second-order valence-corrected chi connectivity index (χ2v) is 8.66. The molecule has 0 bridgehead atoms. The zero-order valence-electron chi connectivity index (χ0n) is 18.0. The van der Waals surface area contributed by atoms with E-state index < -0.39 is 5.66 Å². The van der Waals surface area contributed by atoms with Crippen molar-refractivity contribution in [1.82, 2.24) is 10.2 Å². The van der Waals surface area contributed by atoms with Crippen molar-refractivity contribution >= 4 is 17.5 Å². The number of nitrogens with one attached hydrogen (secondary N) is 2. The highest BCUT2D eigenvalue weighted by molar-refractivity contribution is 6.02. The molecule has 1 fully saturated rings. The number of benzene rings is 2. The summed E-state index contributed by atoms with van der Waals surface area (Å²) >= 11 is 0. The average molecular weight is 406 g/mol. The first-order chi connectivity index (χ1) is 14.5. The molecule has 0 atom stereocenters. The van der Waals surface area contributed by atoms with Crippen LogP contribution in [0.15, 0.2) is 42.5 Å². The first-order valence-corrected chi connectivity index (χ1v) is 11.1. The minimum atomic E-state index is -0.473. The number of unbranched alkanes of at least 4 members (excludes halogenated alkanes) is 2. The molecule has 4 rings (SSSR count). The molecule has 2 aliphatic heterocycles. The largest absolute Gasteiger partial charge is 0.362 e. The Morgan fingerprint density at radius 1 is 1.03 bits per heavy atom. The van der Waals surface area contributed by atoms with E-state index in [0.717, 1.165) is 23.2 Å². The van der Waals surface area contributed by atoms with Crippen LogP contribution < -0.4 is 10.6 Å². The lowest BCUT2D eigenvalue weighted by Crippen LogP contribution is -2.62. The molecule has 0 aromatic heterocycles. The van der Waals surface area contributed by atoms with Crippen LogP contribution in [0.2, 0.25) is 0 Å². The number of amides is 2. The predicted octanol–water partition coefficient (Wildman–Crippen LogP) is 4.52. The third-order valence-corrected chi connectivity index (χ3v) is 6.32. The molecule has 158 valence electrons. The van der Waals surface area contributed by atoms with Crippen molar-refractivity contribution in [2.45, 2.75) is 58.0 Å². The Hall–Kier alpha value is -2.82. The maximum absolute atomic E-state index is 13.0. The molecule has 30 heavy (non-hydrogen) atoms. The van der Waals surface area contributed by atoms with Crippen LogP contribution in [0.25, 0.3) is 0 Å². The Labute approximate surface area is 178 Å². The molecule has 5 nitrogen and oxygen atoms in total. The molecule has 0 radical (unpaired) electrons. The van der Waals surface area contributed by atoms with Gasteiger partial charge >= 0.3 is 0 Å². The minimum Gasteiger partial charge on any atom is -0.362 e. The first-order valence-electron chi connectivity index (χ1n) is 11.1. The molecule has 0 aliphatic carbocycles. The number of likely N-dealkylation sites (tertiary alicyclic amines) is 1. The number of nitrogens with zero attached hydrogens (tertiary/aromatic N) is 1. The number of hydrogen-bond acceptors (Lipinski definition) is 3. The van der Waals surface area contributed by atoms with Gasteiger partial charge in [0, 0.05) is 37.2 Å². The highest BCUT2D eigenvalue weighted by atomic mass is 16.2. The first kappa shape index (κ1) is 20.5. The second-order valence-electron chi connectivity index (χ2n) is 8.66. The molecular weight excluding hydrogens is 374 g/mol. The van der Waals surface area contributed by atoms with Gasteiger partial charge in [-0.15, -0.1) is 0 Å². The molecule has 2 amide bonds. The number of carbonyl (C=O) groups is 2. The van der Waals surface area contributed by atoms with Gasteiger partial charge in [-0.2, -0.15) is 0 Å². The normalized spacial score (nSPS) is 17.3. The molecule has 1 spiro atoms. The van der Waals surface area contributed by atoms with Crippen LogP contribution in [0, 0.1) is 6.92 Å². The molecule has 2 aromatic rings. The van der Waals surface area contributed by atoms with Crippen molar-refractivity contribution in [2.75, 3.05) is 18.4 Å². The van der Waals surface area contributed by atoms with E-state index in [1.54, 1.807) is 0 Å². The molecule has 2 heterocycles. The summed E-state index contributed by atoms with van der Waals surface area (Å²) < 4.78 is 0. The predicted molar refractivity (Wildman–Crippen MR) is 120 cm³/mol. The van der Waals surface area contributed by atoms with Crippen LogP contribution in [-0.2, 0) is 6.42 Å². The van der Waals surface area contributed by atoms with Gasteiger partial charge in [-0.1, -0.05) is 43.5 Å². The standard InChI is InChI=1S/C25H31N3O2/c1-3-4-5-6-19-8-10-20(11-9-19)24(30)28-15-13-25(14-16-28)26-22-12-7-18(2)17-21(22)23(29)27-25/h7-12,17,26H,3-6,13-16H2,1-2H3,(H,27,29). The Morgan fingerprint density at radius 3 is 2.47 bits per heavy atom. The Morgan fingerprint density at radius 2 is 1.77 bits per heavy atom. The Balaban J connectivity index is 1.38. The zero-order chi connectivity index (χ0) is 21.1. The molecule has 1 saturated heterocycles. The number of rotatable bonds is 5. The maximum Gasteiger partial charge on any atom is 0.255 e. The summed E-state index contributed by atoms with van der Waals surface area (Å²) in [5, 5.41) is 6.69. The highest BCUT2D eigenvalue weighted by Crippen LogP contribution is 2.32. The SMILES string of the molecule is CCCCCc1ccc(C(=O)N2CCC3(CC2)NC(=O)c2cc(C)ccc2N3)cc1. The van der Waals surface area contributed by atoms with Crippen molar-refractivity contribution in [2.24, 2.45) is 0 Å². The fourth-order valence-corrected chi connectivity index (χ4v) is 4.45. The van der Waals surface area contributed by atoms with Gasteiger partial charge in [0.05, 0.1) is 5.56 Å². The van der Waals surface area contributed by atoms with Gasteiger partial charge in [0.15, 0.2) is 0 Å². The quantitative estimate of drug-likeness (QED) is 0.719. The monoisotopic (exact) mass is 405 g/mol. The smallest absolute Gasteiger partial charge is 0.255 e. The fraction of sp³-hybridized carbons (Fsp3) is 0.440. The second kappa shape index (κ2) is 8.50.